The first kappa shape index (κ1) is 20.1. The second kappa shape index (κ2) is 10.6. The minimum Gasteiger partial charge on any atom is -0.312 e. The van der Waals surface area contributed by atoms with Crippen molar-refractivity contribution in [3.63, 3.8) is 0 Å². The molecule has 0 unspecified atom stereocenters. The Hall–Kier alpha value is 0.380. The summed E-state index contributed by atoms with van der Waals surface area (Å²) in [6, 6.07) is 9.27. The predicted molar refractivity (Wildman–Crippen MR) is 124 cm³/mol. The Morgan fingerprint density at radius 3 is 2.24 bits per heavy atom. The molecule has 0 aromatic heterocycles. The fourth-order valence-electron chi connectivity index (χ4n) is 4.19. The van der Waals surface area contributed by atoms with Crippen molar-refractivity contribution in [2.75, 3.05) is 0 Å². The third-order valence-electron chi connectivity index (χ3n) is 6.00. The molecule has 25 heavy (non-hydrogen) atoms. The summed E-state index contributed by atoms with van der Waals surface area (Å²) in [5, 5.41) is 0. The summed E-state index contributed by atoms with van der Waals surface area (Å²) in [6.07, 6.45) is 18.6. The third-order valence-corrected chi connectivity index (χ3v) is 7.97. The van der Waals surface area contributed by atoms with Gasteiger partial charge in [0.15, 0.2) is 0 Å². The summed E-state index contributed by atoms with van der Waals surface area (Å²) in [7, 11) is 0. The third kappa shape index (κ3) is 6.80. The number of benzene rings is 1. The van der Waals surface area contributed by atoms with E-state index in [4.69, 9.17) is 3.07 Å². The van der Waals surface area contributed by atoms with E-state index in [1.54, 1.807) is 0 Å². The van der Waals surface area contributed by atoms with Crippen LogP contribution in [0.5, 0.6) is 0 Å². The van der Waals surface area contributed by atoms with Gasteiger partial charge in [-0.1, -0.05) is 59.0 Å². The van der Waals surface area contributed by atoms with Gasteiger partial charge in [-0.25, -0.2) is 0 Å². The van der Waals surface area contributed by atoms with Gasteiger partial charge in [0.05, 0.1) is 6.10 Å². The normalized spacial score (nSPS) is 30.6. The van der Waals surface area contributed by atoms with Crippen molar-refractivity contribution >= 4 is 51.7 Å². The maximum Gasteiger partial charge on any atom is 0.110 e. The van der Waals surface area contributed by atoms with Crippen LogP contribution in [0.2, 0.25) is 0 Å². The minimum absolute atomic E-state index is 0.509. The summed E-state index contributed by atoms with van der Waals surface area (Å²) in [6.45, 7) is 0. The number of hydrogen-bond acceptors (Lipinski definition) is 1. The molecule has 2 aliphatic carbocycles. The van der Waals surface area contributed by atoms with Gasteiger partial charge in [0.1, 0.15) is 23.0 Å². The van der Waals surface area contributed by atoms with Gasteiger partial charge in [-0.15, -0.1) is 0 Å². The highest BCUT2D eigenvalue weighted by molar-refractivity contribution is 14.1. The molecule has 3 heteroatoms. The first-order chi connectivity index (χ1) is 12.2. The average Bonchev–Trinajstić information content (AvgIpc) is 2.67. The highest BCUT2D eigenvalue weighted by atomic mass is 127. The maximum absolute atomic E-state index is 5.45. The molecule has 138 valence electrons. The molecule has 0 amide bonds. The molecule has 3 rings (SSSR count). The van der Waals surface area contributed by atoms with Gasteiger partial charge in [-0.3, -0.25) is 0 Å². The first-order valence-electron chi connectivity index (χ1n) is 9.91. The molecule has 1 aromatic rings. The van der Waals surface area contributed by atoms with Crippen LogP contribution < -0.4 is 0 Å². The Bertz CT molecular complexity index is 523. The molecule has 1 aromatic carbocycles. The maximum atomic E-state index is 5.45. The number of aryl methyl sites for hydroxylation is 1. The van der Waals surface area contributed by atoms with Crippen LogP contribution in [0.15, 0.2) is 30.3 Å². The zero-order valence-corrected chi connectivity index (χ0v) is 19.3. The van der Waals surface area contributed by atoms with Crippen LogP contribution in [0.25, 0.3) is 6.08 Å². The van der Waals surface area contributed by atoms with Gasteiger partial charge >= 0.3 is 0 Å². The molecule has 0 heterocycles. The second-order valence-electron chi connectivity index (χ2n) is 7.88. The van der Waals surface area contributed by atoms with Crippen LogP contribution in [0.4, 0.5) is 0 Å². The molecule has 0 bridgehead atoms. The molecular formula is C22H30I2O. The summed E-state index contributed by atoms with van der Waals surface area (Å²) < 4.78 is 6.36. The van der Waals surface area contributed by atoms with E-state index in [1.807, 2.05) is 0 Å². The Labute approximate surface area is 181 Å². The van der Waals surface area contributed by atoms with Crippen LogP contribution in [-0.4, -0.2) is 10.0 Å². The lowest BCUT2D eigenvalue weighted by Crippen LogP contribution is -2.19. The Balaban J connectivity index is 1.41. The zero-order valence-electron chi connectivity index (χ0n) is 15.0. The number of halogens is 2. The summed E-state index contributed by atoms with van der Waals surface area (Å²) in [5.41, 5.74) is 2.86. The van der Waals surface area contributed by atoms with Crippen molar-refractivity contribution in [2.45, 2.75) is 74.2 Å². The van der Waals surface area contributed by atoms with E-state index in [9.17, 15) is 0 Å². The van der Waals surface area contributed by atoms with Gasteiger partial charge in [0.2, 0.25) is 0 Å². The van der Waals surface area contributed by atoms with Gasteiger partial charge in [-0.2, -0.15) is 0 Å². The highest BCUT2D eigenvalue weighted by Crippen LogP contribution is 2.31. The van der Waals surface area contributed by atoms with Crippen molar-refractivity contribution in [2.24, 2.45) is 11.8 Å². The smallest absolute Gasteiger partial charge is 0.110 e. The average molecular weight is 564 g/mol. The molecule has 0 atom stereocenters. The van der Waals surface area contributed by atoms with Gasteiger partial charge < -0.3 is 3.07 Å². The predicted octanol–water partition coefficient (Wildman–Crippen LogP) is 7.55. The Morgan fingerprint density at radius 1 is 0.920 bits per heavy atom. The molecule has 2 saturated carbocycles. The number of alkyl halides is 1. The van der Waals surface area contributed by atoms with E-state index in [2.05, 4.69) is 82.0 Å². The lowest BCUT2D eigenvalue weighted by atomic mass is 9.84. The fourth-order valence-corrected chi connectivity index (χ4v) is 5.42. The van der Waals surface area contributed by atoms with E-state index in [0.29, 0.717) is 6.10 Å². The van der Waals surface area contributed by atoms with Crippen LogP contribution in [0.1, 0.15) is 68.9 Å². The van der Waals surface area contributed by atoms with E-state index < -0.39 is 0 Å². The van der Waals surface area contributed by atoms with Crippen molar-refractivity contribution in [3.05, 3.63) is 41.5 Å². The number of rotatable bonds is 6. The topological polar surface area (TPSA) is 9.23 Å². The van der Waals surface area contributed by atoms with Crippen molar-refractivity contribution in [1.82, 2.24) is 0 Å². The first-order valence-corrected chi connectivity index (χ1v) is 12.0. The lowest BCUT2D eigenvalue weighted by Gasteiger charge is -2.26. The molecule has 0 N–H and O–H groups in total. The van der Waals surface area contributed by atoms with Crippen molar-refractivity contribution in [1.29, 1.82) is 0 Å². The lowest BCUT2D eigenvalue weighted by molar-refractivity contribution is 0.175. The number of allylic oxidation sites excluding steroid dienone is 1. The zero-order chi connectivity index (χ0) is 17.5. The van der Waals surface area contributed by atoms with Crippen molar-refractivity contribution < 1.29 is 3.07 Å². The largest absolute Gasteiger partial charge is 0.312 e. The second-order valence-corrected chi connectivity index (χ2v) is 10.2. The van der Waals surface area contributed by atoms with Gasteiger partial charge in [-0.05, 0) is 87.2 Å². The molecular weight excluding hydrogens is 534 g/mol. The van der Waals surface area contributed by atoms with Gasteiger partial charge in [0, 0.05) is 3.92 Å². The monoisotopic (exact) mass is 564 g/mol. The molecule has 0 radical (unpaired) electrons. The van der Waals surface area contributed by atoms with Crippen LogP contribution in [0, 0.1) is 11.8 Å². The van der Waals surface area contributed by atoms with Crippen LogP contribution >= 0.6 is 45.6 Å². The standard InChI is InChI=1S/C22H30I2O/c23-21-13-9-19(10-14-21)7-5-17-1-3-18(4-2-17)6-8-20-11-15-22(25-24)16-12-20/h1-5,7,19-22H,6,8-16H2/b7-5+. The van der Waals surface area contributed by atoms with Crippen LogP contribution in [0.3, 0.4) is 0 Å². The Kier molecular flexibility index (Phi) is 8.57. The molecule has 0 spiro atoms. The van der Waals surface area contributed by atoms with Crippen molar-refractivity contribution in [3.8, 4) is 0 Å². The fraction of sp³-hybridized carbons (Fsp3) is 0.636. The molecule has 2 aliphatic rings. The molecule has 0 saturated heterocycles. The minimum atomic E-state index is 0.509. The quantitative estimate of drug-likeness (QED) is 0.256. The summed E-state index contributed by atoms with van der Waals surface area (Å²) in [4.78, 5) is 0. The molecule has 1 nitrogen and oxygen atoms in total. The number of hydrogen-bond donors (Lipinski definition) is 0. The summed E-state index contributed by atoms with van der Waals surface area (Å²) in [5.74, 6) is 1.70. The van der Waals surface area contributed by atoms with Gasteiger partial charge in [0.25, 0.3) is 0 Å². The summed E-state index contributed by atoms with van der Waals surface area (Å²) >= 11 is 4.67. The van der Waals surface area contributed by atoms with E-state index in [0.717, 1.165) is 15.8 Å². The molecule has 2 fully saturated rings. The highest BCUT2D eigenvalue weighted by Gasteiger charge is 2.21. The SMILES string of the molecule is IOC1CCC(CCc2ccc(/C=C/C3CCC(I)CC3)cc2)CC1. The van der Waals surface area contributed by atoms with Crippen LogP contribution in [-0.2, 0) is 9.49 Å². The van der Waals surface area contributed by atoms with E-state index in [1.165, 1.54) is 75.3 Å². The molecule has 0 aliphatic heterocycles. The van der Waals surface area contributed by atoms with E-state index in [-0.39, 0.29) is 0 Å². The van der Waals surface area contributed by atoms with E-state index >= 15 is 0 Å². The Morgan fingerprint density at radius 2 is 1.60 bits per heavy atom.